The number of quaternary nitrogens is 1. The van der Waals surface area contributed by atoms with Crippen LogP contribution in [0.25, 0.3) is 11.1 Å². The summed E-state index contributed by atoms with van der Waals surface area (Å²) in [5, 5.41) is 8.95. The zero-order valence-electron chi connectivity index (χ0n) is 16.7. The maximum absolute atomic E-state index is 13.1. The van der Waals surface area contributed by atoms with Crippen molar-refractivity contribution < 1.29 is 12.3 Å². The van der Waals surface area contributed by atoms with Crippen molar-refractivity contribution in [1.82, 2.24) is 0 Å². The topological polar surface area (TPSA) is 84.0 Å². The number of hydrogen-bond acceptors (Lipinski definition) is 4. The van der Waals surface area contributed by atoms with E-state index in [1.165, 1.54) is 0 Å². The number of sulfonamides is 1. The lowest BCUT2D eigenvalue weighted by Gasteiger charge is -2.39. The standard InChI is InChI=1S/C23H26N3O2S/c1-3-29(27,28)26(14-4-5-20(16-25)17-26)18(2)21-10-12-23(13-11-21)22-8-6-19(15-24)7-9-22/h4-13,17-18H,3,14,16,25H2,1-2H3/q+1. The van der Waals surface area contributed by atoms with Gasteiger partial charge in [-0.2, -0.15) is 17.6 Å². The molecule has 0 bridgehead atoms. The normalized spacial score (nSPS) is 20.0. The zero-order valence-corrected chi connectivity index (χ0v) is 17.6. The number of nitriles is 1. The van der Waals surface area contributed by atoms with E-state index >= 15 is 0 Å². The minimum atomic E-state index is -3.42. The second kappa shape index (κ2) is 8.34. The Hall–Kier alpha value is -2.72. The Morgan fingerprint density at radius 3 is 2.21 bits per heavy atom. The van der Waals surface area contributed by atoms with Crippen molar-refractivity contribution in [1.29, 1.82) is 5.26 Å². The first-order chi connectivity index (χ1) is 13.9. The lowest BCUT2D eigenvalue weighted by atomic mass is 9.99. The third-order valence-electron chi connectivity index (χ3n) is 5.62. The van der Waals surface area contributed by atoms with Gasteiger partial charge in [0, 0.05) is 17.7 Å². The van der Waals surface area contributed by atoms with Crippen LogP contribution in [0.4, 0.5) is 0 Å². The van der Waals surface area contributed by atoms with E-state index in [9.17, 15) is 8.42 Å². The maximum atomic E-state index is 13.1. The molecular weight excluding hydrogens is 382 g/mol. The summed E-state index contributed by atoms with van der Waals surface area (Å²) in [6.07, 6.45) is 5.61. The quantitative estimate of drug-likeness (QED) is 0.736. The molecule has 0 spiro atoms. The van der Waals surface area contributed by atoms with Crippen LogP contribution in [0.1, 0.15) is 31.0 Å². The number of rotatable bonds is 6. The van der Waals surface area contributed by atoms with E-state index in [1.807, 2.05) is 55.5 Å². The fourth-order valence-electron chi connectivity index (χ4n) is 3.75. The highest BCUT2D eigenvalue weighted by molar-refractivity contribution is 7.85. The lowest BCUT2D eigenvalue weighted by molar-refractivity contribution is -0.779. The Balaban J connectivity index is 1.99. The van der Waals surface area contributed by atoms with Crippen LogP contribution in [0.2, 0.25) is 0 Å². The molecule has 0 saturated heterocycles. The summed E-state index contributed by atoms with van der Waals surface area (Å²) in [5.74, 6) is 0.0584. The number of nitrogens with zero attached hydrogens (tertiary/aromatic N) is 2. The molecule has 0 aliphatic carbocycles. The molecule has 2 N–H and O–H groups in total. The molecule has 0 aromatic heterocycles. The highest BCUT2D eigenvalue weighted by atomic mass is 32.2. The molecule has 1 aliphatic rings. The van der Waals surface area contributed by atoms with Crippen LogP contribution in [0.3, 0.4) is 0 Å². The van der Waals surface area contributed by atoms with Crippen molar-refractivity contribution in [3.63, 3.8) is 0 Å². The first-order valence-electron chi connectivity index (χ1n) is 9.66. The molecular formula is C23H26N3O2S+. The highest BCUT2D eigenvalue weighted by Gasteiger charge is 2.45. The molecule has 1 heterocycles. The molecule has 2 unspecified atom stereocenters. The second-order valence-corrected chi connectivity index (χ2v) is 9.63. The van der Waals surface area contributed by atoms with Gasteiger partial charge in [-0.1, -0.05) is 42.5 Å². The predicted molar refractivity (Wildman–Crippen MR) is 116 cm³/mol. The molecule has 2 aromatic carbocycles. The van der Waals surface area contributed by atoms with E-state index in [2.05, 4.69) is 6.07 Å². The van der Waals surface area contributed by atoms with Gasteiger partial charge in [0.25, 0.3) is 0 Å². The Morgan fingerprint density at radius 1 is 1.10 bits per heavy atom. The van der Waals surface area contributed by atoms with Gasteiger partial charge >= 0.3 is 10.0 Å². The van der Waals surface area contributed by atoms with Gasteiger partial charge in [0.1, 0.15) is 18.8 Å². The van der Waals surface area contributed by atoms with Crippen LogP contribution < -0.4 is 5.73 Å². The molecule has 5 nitrogen and oxygen atoms in total. The van der Waals surface area contributed by atoms with Crippen LogP contribution in [0.15, 0.2) is 72.5 Å². The summed E-state index contributed by atoms with van der Waals surface area (Å²) in [4.78, 5) is 0. The molecule has 2 atom stereocenters. The van der Waals surface area contributed by atoms with Crippen molar-refractivity contribution in [2.24, 2.45) is 5.73 Å². The second-order valence-electron chi connectivity index (χ2n) is 7.20. The van der Waals surface area contributed by atoms with Crippen LogP contribution >= 0.6 is 0 Å². The average molecular weight is 409 g/mol. The Labute approximate surface area is 173 Å². The summed E-state index contributed by atoms with van der Waals surface area (Å²) in [7, 11) is -3.42. The molecule has 150 valence electrons. The minimum absolute atomic E-state index is 0.0584. The average Bonchev–Trinajstić information content (AvgIpc) is 2.78. The van der Waals surface area contributed by atoms with Gasteiger partial charge in [-0.3, -0.25) is 0 Å². The Bertz CT molecular complexity index is 1080. The molecule has 29 heavy (non-hydrogen) atoms. The molecule has 0 fully saturated rings. The summed E-state index contributed by atoms with van der Waals surface area (Å²) in [6.45, 7) is 4.33. The van der Waals surface area contributed by atoms with E-state index in [0.29, 0.717) is 18.7 Å². The molecule has 1 aliphatic heterocycles. The van der Waals surface area contributed by atoms with E-state index < -0.39 is 10.0 Å². The molecule has 0 radical (unpaired) electrons. The van der Waals surface area contributed by atoms with Gasteiger partial charge in [0.15, 0.2) is 0 Å². The van der Waals surface area contributed by atoms with Gasteiger partial charge in [0.05, 0.1) is 17.4 Å². The summed E-state index contributed by atoms with van der Waals surface area (Å²) < 4.78 is 26.1. The molecule has 6 heteroatoms. The van der Waals surface area contributed by atoms with Crippen LogP contribution in [0.5, 0.6) is 0 Å². The third kappa shape index (κ3) is 3.90. The van der Waals surface area contributed by atoms with E-state index in [-0.39, 0.29) is 15.7 Å². The van der Waals surface area contributed by atoms with E-state index in [4.69, 9.17) is 11.0 Å². The maximum Gasteiger partial charge on any atom is 0.301 e. The van der Waals surface area contributed by atoms with Gasteiger partial charge in [-0.25, -0.2) is 0 Å². The highest BCUT2D eigenvalue weighted by Crippen LogP contribution is 2.37. The SMILES string of the molecule is CCS(=O)(=O)[N+]1(C(C)c2ccc(-c3ccc(C#N)cc3)cc2)C=C(CN)C=CC1. The van der Waals surface area contributed by atoms with Gasteiger partial charge in [-0.05, 0) is 43.2 Å². The zero-order chi connectivity index (χ0) is 21.1. The number of nitrogens with two attached hydrogens (primary N) is 1. The first-order valence-corrected chi connectivity index (χ1v) is 11.3. The van der Waals surface area contributed by atoms with Crippen molar-refractivity contribution in [3.8, 4) is 17.2 Å². The molecule has 3 rings (SSSR count). The van der Waals surface area contributed by atoms with Crippen molar-refractivity contribution in [2.75, 3.05) is 18.8 Å². The van der Waals surface area contributed by atoms with Crippen molar-refractivity contribution in [3.05, 3.63) is 83.6 Å². The predicted octanol–water partition coefficient (Wildman–Crippen LogP) is 3.87. The number of hydrogen-bond donors (Lipinski definition) is 1. The Morgan fingerprint density at radius 2 is 1.69 bits per heavy atom. The van der Waals surface area contributed by atoms with E-state index in [0.717, 1.165) is 22.3 Å². The Kier molecular flexibility index (Phi) is 6.04. The minimum Gasteiger partial charge on any atom is -0.326 e. The summed E-state index contributed by atoms with van der Waals surface area (Å²) in [5.41, 5.74) is 10.2. The summed E-state index contributed by atoms with van der Waals surface area (Å²) in [6, 6.07) is 17.2. The fraction of sp³-hybridized carbons (Fsp3) is 0.261. The van der Waals surface area contributed by atoms with E-state index in [1.54, 1.807) is 25.3 Å². The number of benzene rings is 2. The van der Waals surface area contributed by atoms with Gasteiger partial charge in [-0.15, -0.1) is 0 Å². The van der Waals surface area contributed by atoms with Crippen LogP contribution in [0, 0.1) is 11.3 Å². The van der Waals surface area contributed by atoms with Crippen LogP contribution in [-0.2, 0) is 10.0 Å². The van der Waals surface area contributed by atoms with Gasteiger partial charge < -0.3 is 5.73 Å². The monoisotopic (exact) mass is 408 g/mol. The fourth-order valence-corrected chi connectivity index (χ4v) is 5.45. The van der Waals surface area contributed by atoms with Gasteiger partial charge in [0.2, 0.25) is 0 Å². The smallest absolute Gasteiger partial charge is 0.301 e. The molecule has 2 aromatic rings. The van der Waals surface area contributed by atoms with Crippen molar-refractivity contribution >= 4 is 10.0 Å². The summed E-state index contributed by atoms with van der Waals surface area (Å²) >= 11 is 0. The molecule has 0 amide bonds. The largest absolute Gasteiger partial charge is 0.326 e. The molecule has 0 saturated carbocycles. The lowest BCUT2D eigenvalue weighted by Crippen LogP contribution is -2.52. The third-order valence-corrected chi connectivity index (χ3v) is 7.96. The van der Waals surface area contributed by atoms with Crippen molar-refractivity contribution in [2.45, 2.75) is 19.9 Å². The first kappa shape index (κ1) is 21.0. The van der Waals surface area contributed by atoms with Crippen LogP contribution in [-0.4, -0.2) is 31.1 Å².